The molecule has 3 heterocycles. The monoisotopic (exact) mass is 638 g/mol. The minimum atomic E-state index is 0. The van der Waals surface area contributed by atoms with E-state index in [-0.39, 0.29) is 20.4 Å². The first-order valence-corrected chi connectivity index (χ1v) is 13.7. The van der Waals surface area contributed by atoms with Gasteiger partial charge in [-0.1, -0.05) is 53.5 Å². The molecule has 208 valence electrons. The van der Waals surface area contributed by atoms with Gasteiger partial charge in [-0.15, -0.1) is 35.7 Å². The van der Waals surface area contributed by atoms with Gasteiger partial charge in [0.15, 0.2) is 0 Å². The average Bonchev–Trinajstić information content (AvgIpc) is 3.46. The molecule has 0 spiro atoms. The number of nitrogens with zero attached hydrogens (tertiary/aromatic N) is 4. The zero-order valence-electron chi connectivity index (χ0n) is 23.8. The fourth-order valence-corrected chi connectivity index (χ4v) is 5.57. The normalized spacial score (nSPS) is 11.1. The van der Waals surface area contributed by atoms with Crippen LogP contribution in [0.25, 0.3) is 44.4 Å². The first-order chi connectivity index (χ1) is 20.0. The first kappa shape index (κ1) is 27.7. The van der Waals surface area contributed by atoms with Gasteiger partial charge in [0, 0.05) is 34.5 Å². The molecule has 0 fully saturated rings. The summed E-state index contributed by atoms with van der Waals surface area (Å²) in [6.07, 6.45) is 1.84. The van der Waals surface area contributed by atoms with E-state index in [1.807, 2.05) is 48.1 Å². The van der Waals surface area contributed by atoms with Crippen molar-refractivity contribution >= 4 is 21.8 Å². The van der Waals surface area contributed by atoms with Crippen LogP contribution in [0.4, 0.5) is 0 Å². The molecule has 0 atom stereocenters. The van der Waals surface area contributed by atoms with Crippen molar-refractivity contribution in [2.24, 2.45) is 0 Å². The van der Waals surface area contributed by atoms with Crippen molar-refractivity contribution in [3.8, 4) is 34.1 Å². The average molecular weight is 639 g/mol. The Hall–Kier alpha value is -4.50. The summed E-state index contributed by atoms with van der Waals surface area (Å²) in [5, 5.41) is 7.10. The number of para-hydroxylation sites is 1. The number of benzene rings is 4. The second kappa shape index (κ2) is 11.1. The Kier molecular flexibility index (Phi) is 7.28. The Labute approximate surface area is 259 Å². The summed E-state index contributed by atoms with van der Waals surface area (Å²) < 4.78 is 10.4. The molecular weight excluding hydrogens is 611 g/mol. The zero-order chi connectivity index (χ0) is 28.1. The molecule has 0 unspecified atom stereocenters. The predicted molar refractivity (Wildman–Crippen MR) is 164 cm³/mol. The van der Waals surface area contributed by atoms with E-state index in [0.29, 0.717) is 11.5 Å². The molecule has 0 aliphatic rings. The summed E-state index contributed by atoms with van der Waals surface area (Å²) in [4.78, 5) is 4.67. The molecule has 0 aliphatic carbocycles. The topological polar surface area (TPSA) is 44.9 Å². The third-order valence-electron chi connectivity index (χ3n) is 7.52. The molecule has 0 radical (unpaired) electrons. The van der Waals surface area contributed by atoms with E-state index >= 15 is 0 Å². The number of hydrogen-bond acceptors (Lipinski definition) is 3. The van der Waals surface area contributed by atoms with E-state index in [4.69, 9.17) is 9.84 Å². The van der Waals surface area contributed by atoms with Crippen LogP contribution in [0.15, 0.2) is 97.2 Å². The van der Waals surface area contributed by atoms with Crippen LogP contribution >= 0.6 is 0 Å². The maximum absolute atomic E-state index is 6.35. The summed E-state index contributed by atoms with van der Waals surface area (Å²) in [6, 6.07) is 37.9. The molecule has 3 aromatic heterocycles. The second-order valence-corrected chi connectivity index (χ2v) is 10.5. The van der Waals surface area contributed by atoms with Crippen LogP contribution < -0.4 is 4.74 Å². The Morgan fingerprint density at radius 3 is 2.31 bits per heavy atom. The standard InChI is InChI=1S/C36H28N4O.Pd/c1-23-12-14-27(15-13-23)36-25(3)38-40(26(36)4)28-8-7-9-29(21-28)41-30-16-17-32-31-10-5-6-11-33(31)39(34(32)22-30)35-20-24(2)18-19-37-35;/h5-20H,1-4H3;/q-2;+2. The molecule has 4 aromatic carbocycles. The van der Waals surface area contributed by atoms with Gasteiger partial charge in [0.2, 0.25) is 0 Å². The van der Waals surface area contributed by atoms with Crippen molar-refractivity contribution in [2.75, 3.05) is 0 Å². The van der Waals surface area contributed by atoms with Gasteiger partial charge in [-0.05, 0) is 68.1 Å². The molecule has 0 amide bonds. The van der Waals surface area contributed by atoms with Gasteiger partial charge < -0.3 is 9.30 Å². The zero-order valence-corrected chi connectivity index (χ0v) is 25.3. The smallest absolute Gasteiger partial charge is 0.509 e. The number of hydrogen-bond donors (Lipinski definition) is 0. The SMILES string of the molecule is Cc1ccc(-c2c(C)nn(-c3[c-]c(Oc4[c-]c5c(cc4)c4ccccc4n5-c4cc(C)ccn4)ccc3)c2C)cc1.[Pd+2]. The van der Waals surface area contributed by atoms with Gasteiger partial charge in [0.1, 0.15) is 5.82 Å². The van der Waals surface area contributed by atoms with E-state index < -0.39 is 0 Å². The van der Waals surface area contributed by atoms with Gasteiger partial charge in [-0.2, -0.15) is 17.2 Å². The fourth-order valence-electron chi connectivity index (χ4n) is 5.57. The Morgan fingerprint density at radius 1 is 0.714 bits per heavy atom. The van der Waals surface area contributed by atoms with Crippen molar-refractivity contribution in [1.29, 1.82) is 0 Å². The number of aromatic nitrogens is 4. The molecule has 42 heavy (non-hydrogen) atoms. The van der Waals surface area contributed by atoms with Crippen molar-refractivity contribution < 1.29 is 25.2 Å². The van der Waals surface area contributed by atoms with Gasteiger partial charge in [0.05, 0.1) is 5.69 Å². The van der Waals surface area contributed by atoms with Crippen molar-refractivity contribution in [1.82, 2.24) is 19.3 Å². The van der Waals surface area contributed by atoms with E-state index in [1.54, 1.807) is 0 Å². The number of aryl methyl sites for hydroxylation is 3. The van der Waals surface area contributed by atoms with Crippen molar-refractivity contribution in [3.63, 3.8) is 0 Å². The van der Waals surface area contributed by atoms with Crippen LogP contribution in [0.3, 0.4) is 0 Å². The number of ether oxygens (including phenoxy) is 1. The molecule has 5 nitrogen and oxygen atoms in total. The quantitative estimate of drug-likeness (QED) is 0.140. The van der Waals surface area contributed by atoms with Gasteiger partial charge in [0.25, 0.3) is 0 Å². The minimum Gasteiger partial charge on any atom is -0.509 e. The third-order valence-corrected chi connectivity index (χ3v) is 7.52. The minimum absolute atomic E-state index is 0. The van der Waals surface area contributed by atoms with E-state index in [9.17, 15) is 0 Å². The van der Waals surface area contributed by atoms with E-state index in [2.05, 4.69) is 103 Å². The van der Waals surface area contributed by atoms with Crippen LogP contribution in [0.2, 0.25) is 0 Å². The molecule has 0 bridgehead atoms. The Morgan fingerprint density at radius 2 is 1.50 bits per heavy atom. The summed E-state index contributed by atoms with van der Waals surface area (Å²) in [5.41, 5.74) is 9.53. The second-order valence-electron chi connectivity index (χ2n) is 10.5. The Bertz CT molecular complexity index is 2070. The molecule has 0 saturated heterocycles. The molecule has 0 saturated carbocycles. The first-order valence-electron chi connectivity index (χ1n) is 13.7. The molecule has 0 N–H and O–H groups in total. The van der Waals surface area contributed by atoms with Crippen LogP contribution in [0.1, 0.15) is 22.5 Å². The summed E-state index contributed by atoms with van der Waals surface area (Å²) in [5.74, 6) is 2.06. The van der Waals surface area contributed by atoms with Crippen molar-refractivity contribution in [2.45, 2.75) is 27.7 Å². The summed E-state index contributed by atoms with van der Waals surface area (Å²) in [7, 11) is 0. The summed E-state index contributed by atoms with van der Waals surface area (Å²) in [6.45, 7) is 8.32. The maximum atomic E-state index is 6.35. The number of rotatable bonds is 5. The number of fused-ring (bicyclic) bond motifs is 3. The summed E-state index contributed by atoms with van der Waals surface area (Å²) >= 11 is 0. The fraction of sp³-hybridized carbons (Fsp3) is 0.111. The van der Waals surface area contributed by atoms with Crippen LogP contribution in [-0.2, 0) is 20.4 Å². The van der Waals surface area contributed by atoms with Gasteiger partial charge in [-0.3, -0.25) is 4.68 Å². The van der Waals surface area contributed by atoms with Crippen LogP contribution in [0.5, 0.6) is 11.5 Å². The van der Waals surface area contributed by atoms with Crippen LogP contribution in [-0.4, -0.2) is 19.3 Å². The molecule has 6 heteroatoms. The van der Waals surface area contributed by atoms with E-state index in [0.717, 1.165) is 61.4 Å². The van der Waals surface area contributed by atoms with Crippen molar-refractivity contribution in [3.05, 3.63) is 132 Å². The number of pyridine rings is 1. The largest absolute Gasteiger partial charge is 2.00 e. The molecule has 7 rings (SSSR count). The Balaban J connectivity index is 0.00000316. The maximum Gasteiger partial charge on any atom is 2.00 e. The predicted octanol–water partition coefficient (Wildman–Crippen LogP) is 8.66. The van der Waals surface area contributed by atoms with E-state index in [1.165, 1.54) is 5.56 Å². The van der Waals surface area contributed by atoms with Crippen LogP contribution in [0, 0.1) is 39.8 Å². The third kappa shape index (κ3) is 4.83. The molecule has 0 aliphatic heterocycles. The van der Waals surface area contributed by atoms with Gasteiger partial charge >= 0.3 is 20.4 Å². The molecule has 7 aromatic rings. The van der Waals surface area contributed by atoms with Gasteiger partial charge in [-0.25, -0.2) is 4.98 Å². The molecular formula is C36H28N4OPd.